The maximum absolute atomic E-state index is 6.49. The Bertz CT molecular complexity index is 930. The van der Waals surface area contributed by atoms with E-state index in [-0.39, 0.29) is 11.6 Å². The number of nitrogens with zero attached hydrogens (tertiary/aromatic N) is 2. The SMILES string of the molecule is COc1ccc(N2CN3O[C@@H](c4ccccc4)C[C@@]3(c3ccccc3)C2)cc1. The lowest BCUT2D eigenvalue weighted by atomic mass is 9.84. The number of rotatable bonds is 4. The molecule has 4 heteroatoms. The van der Waals surface area contributed by atoms with Crippen LogP contribution in [-0.4, -0.2) is 25.4 Å². The van der Waals surface area contributed by atoms with Crippen molar-refractivity contribution < 1.29 is 9.57 Å². The topological polar surface area (TPSA) is 24.9 Å². The van der Waals surface area contributed by atoms with E-state index < -0.39 is 0 Å². The molecule has 0 saturated carbocycles. The lowest BCUT2D eigenvalue weighted by molar-refractivity contribution is -0.172. The number of hydrogen-bond donors (Lipinski definition) is 0. The Morgan fingerprint density at radius 2 is 1.57 bits per heavy atom. The molecule has 0 aliphatic carbocycles. The monoisotopic (exact) mass is 372 g/mol. The maximum atomic E-state index is 6.49. The van der Waals surface area contributed by atoms with Crippen LogP contribution in [0.15, 0.2) is 84.9 Å². The minimum atomic E-state index is -0.151. The summed E-state index contributed by atoms with van der Waals surface area (Å²) in [7, 11) is 1.70. The predicted molar refractivity (Wildman–Crippen MR) is 110 cm³/mol. The van der Waals surface area contributed by atoms with Gasteiger partial charge in [-0.15, -0.1) is 0 Å². The van der Waals surface area contributed by atoms with Gasteiger partial charge in [0.1, 0.15) is 11.9 Å². The number of methoxy groups -OCH3 is 1. The van der Waals surface area contributed by atoms with Gasteiger partial charge >= 0.3 is 0 Å². The molecule has 0 bridgehead atoms. The highest BCUT2D eigenvalue weighted by Crippen LogP contribution is 2.50. The molecule has 28 heavy (non-hydrogen) atoms. The van der Waals surface area contributed by atoms with Crippen molar-refractivity contribution in [2.75, 3.05) is 25.2 Å². The molecule has 0 aromatic heterocycles. The second-order valence-corrected chi connectivity index (χ2v) is 7.52. The first-order valence-corrected chi connectivity index (χ1v) is 9.72. The number of benzene rings is 3. The lowest BCUT2D eigenvalue weighted by Crippen LogP contribution is -2.37. The molecule has 142 valence electrons. The van der Waals surface area contributed by atoms with Gasteiger partial charge < -0.3 is 9.64 Å². The van der Waals surface area contributed by atoms with Crippen LogP contribution in [0.4, 0.5) is 5.69 Å². The maximum Gasteiger partial charge on any atom is 0.119 e. The molecule has 2 aliphatic heterocycles. The zero-order valence-electron chi connectivity index (χ0n) is 16.0. The number of hydrogen-bond acceptors (Lipinski definition) is 4. The summed E-state index contributed by atoms with van der Waals surface area (Å²) in [5, 5.41) is 2.18. The average Bonchev–Trinajstić information content (AvgIpc) is 3.31. The van der Waals surface area contributed by atoms with Crippen molar-refractivity contribution in [1.29, 1.82) is 0 Å². The predicted octanol–water partition coefficient (Wildman–Crippen LogP) is 4.75. The molecule has 4 nitrogen and oxygen atoms in total. The van der Waals surface area contributed by atoms with Crippen molar-refractivity contribution in [1.82, 2.24) is 5.06 Å². The van der Waals surface area contributed by atoms with Crippen LogP contribution in [0.25, 0.3) is 0 Å². The summed E-state index contributed by atoms with van der Waals surface area (Å²) in [4.78, 5) is 8.88. The van der Waals surface area contributed by atoms with Crippen molar-refractivity contribution >= 4 is 5.69 Å². The standard InChI is InChI=1S/C24H24N2O2/c1-27-22-14-12-21(13-15-22)25-17-24(20-10-6-3-7-11-20)16-23(28-26(24)18-25)19-8-4-2-5-9-19/h2-15,23H,16-18H2,1H3/t23-,24+/m1/s1. The van der Waals surface area contributed by atoms with E-state index >= 15 is 0 Å². The van der Waals surface area contributed by atoms with Crippen molar-refractivity contribution in [2.24, 2.45) is 0 Å². The van der Waals surface area contributed by atoms with E-state index in [1.165, 1.54) is 16.8 Å². The largest absolute Gasteiger partial charge is 0.497 e. The first-order valence-electron chi connectivity index (χ1n) is 9.72. The van der Waals surface area contributed by atoms with E-state index in [1.54, 1.807) is 7.11 Å². The Balaban J connectivity index is 1.48. The Morgan fingerprint density at radius 3 is 2.25 bits per heavy atom. The summed E-state index contributed by atoms with van der Waals surface area (Å²) in [6.45, 7) is 1.64. The van der Waals surface area contributed by atoms with Crippen LogP contribution in [0, 0.1) is 0 Å². The number of hydroxylamine groups is 2. The van der Waals surface area contributed by atoms with E-state index in [2.05, 4.69) is 82.8 Å². The summed E-state index contributed by atoms with van der Waals surface area (Å²) in [5.74, 6) is 0.876. The van der Waals surface area contributed by atoms with Gasteiger partial charge in [0.05, 0.1) is 19.3 Å². The van der Waals surface area contributed by atoms with Crippen LogP contribution in [-0.2, 0) is 10.4 Å². The second-order valence-electron chi connectivity index (χ2n) is 7.52. The van der Waals surface area contributed by atoms with Gasteiger partial charge in [-0.05, 0) is 35.4 Å². The fourth-order valence-corrected chi connectivity index (χ4v) is 4.45. The number of ether oxygens (including phenoxy) is 1. The van der Waals surface area contributed by atoms with Gasteiger partial charge in [0.25, 0.3) is 0 Å². The van der Waals surface area contributed by atoms with Gasteiger partial charge in [-0.2, -0.15) is 5.06 Å². The van der Waals surface area contributed by atoms with Crippen molar-refractivity contribution in [3.05, 3.63) is 96.1 Å². The minimum Gasteiger partial charge on any atom is -0.497 e. The van der Waals surface area contributed by atoms with Gasteiger partial charge in [0.2, 0.25) is 0 Å². The van der Waals surface area contributed by atoms with E-state index in [9.17, 15) is 0 Å². The molecule has 2 fully saturated rings. The number of fused-ring (bicyclic) bond motifs is 1. The van der Waals surface area contributed by atoms with E-state index in [0.29, 0.717) is 0 Å². The highest BCUT2D eigenvalue weighted by atomic mass is 16.7. The molecule has 3 aromatic carbocycles. The summed E-state index contributed by atoms with van der Waals surface area (Å²) in [6, 6.07) is 29.6. The molecule has 2 saturated heterocycles. The van der Waals surface area contributed by atoms with Gasteiger partial charge in [-0.3, -0.25) is 4.84 Å². The molecule has 0 unspecified atom stereocenters. The molecule has 0 N–H and O–H groups in total. The number of anilines is 1. The Labute approximate surface area is 165 Å². The molecule has 2 heterocycles. The third-order valence-electron chi connectivity index (χ3n) is 5.93. The van der Waals surface area contributed by atoms with Crippen LogP contribution in [0.2, 0.25) is 0 Å². The van der Waals surface area contributed by atoms with E-state index in [1.807, 2.05) is 12.1 Å². The molecule has 2 aliphatic rings. The summed E-state index contributed by atoms with van der Waals surface area (Å²) >= 11 is 0. The lowest BCUT2D eigenvalue weighted by Gasteiger charge is -2.28. The highest BCUT2D eigenvalue weighted by molar-refractivity contribution is 5.51. The van der Waals surface area contributed by atoms with Crippen molar-refractivity contribution in [3.8, 4) is 5.75 Å². The van der Waals surface area contributed by atoms with Gasteiger partial charge in [-0.1, -0.05) is 60.7 Å². The van der Waals surface area contributed by atoms with E-state index in [4.69, 9.17) is 9.57 Å². The molecule has 2 atom stereocenters. The Hall–Kier alpha value is -2.82. The smallest absolute Gasteiger partial charge is 0.119 e. The first kappa shape index (κ1) is 17.3. The molecule has 0 radical (unpaired) electrons. The van der Waals surface area contributed by atoms with Crippen molar-refractivity contribution in [3.63, 3.8) is 0 Å². The zero-order chi connectivity index (χ0) is 19.0. The van der Waals surface area contributed by atoms with Gasteiger partial charge in [0.15, 0.2) is 0 Å². The summed E-state index contributed by atoms with van der Waals surface area (Å²) in [6.07, 6.45) is 1.02. The van der Waals surface area contributed by atoms with Gasteiger partial charge in [-0.25, -0.2) is 0 Å². The van der Waals surface area contributed by atoms with Crippen LogP contribution in [0.1, 0.15) is 23.7 Å². The average molecular weight is 372 g/mol. The first-order chi connectivity index (χ1) is 13.8. The van der Waals surface area contributed by atoms with Crippen LogP contribution in [0.3, 0.4) is 0 Å². The van der Waals surface area contributed by atoms with Crippen molar-refractivity contribution in [2.45, 2.75) is 18.1 Å². The van der Waals surface area contributed by atoms with Gasteiger partial charge in [0, 0.05) is 18.7 Å². The normalized spacial score (nSPS) is 24.3. The fraction of sp³-hybridized carbons (Fsp3) is 0.250. The highest BCUT2D eigenvalue weighted by Gasteiger charge is 2.54. The molecule has 0 spiro atoms. The molecule has 5 rings (SSSR count). The Kier molecular flexibility index (Phi) is 4.30. The Morgan fingerprint density at radius 1 is 0.893 bits per heavy atom. The van der Waals surface area contributed by atoms with Crippen LogP contribution < -0.4 is 9.64 Å². The second kappa shape index (κ2) is 6.97. The summed E-state index contributed by atoms with van der Waals surface area (Å²) < 4.78 is 5.30. The quantitative estimate of drug-likeness (QED) is 0.660. The third kappa shape index (κ3) is 2.86. The fourth-order valence-electron chi connectivity index (χ4n) is 4.45. The van der Waals surface area contributed by atoms with Crippen LogP contribution >= 0.6 is 0 Å². The van der Waals surface area contributed by atoms with Crippen LogP contribution in [0.5, 0.6) is 5.75 Å². The molecule has 3 aromatic rings. The third-order valence-corrected chi connectivity index (χ3v) is 5.93. The molecular formula is C24H24N2O2. The molecular weight excluding hydrogens is 348 g/mol. The zero-order valence-corrected chi connectivity index (χ0v) is 16.0. The summed E-state index contributed by atoms with van der Waals surface area (Å²) in [5.41, 5.74) is 3.58. The minimum absolute atomic E-state index is 0.0828. The molecule has 0 amide bonds. The van der Waals surface area contributed by atoms with E-state index in [0.717, 1.165) is 25.4 Å².